The third-order valence-electron chi connectivity index (χ3n) is 2.63. The number of nitrogens with one attached hydrogen (secondary N) is 1. The molecule has 84 valence electrons. The fourth-order valence-electron chi connectivity index (χ4n) is 1.63. The van der Waals surface area contributed by atoms with Crippen LogP contribution in [0.25, 0.3) is 0 Å². The summed E-state index contributed by atoms with van der Waals surface area (Å²) < 4.78 is 0. The maximum atomic E-state index is 6.10. The van der Waals surface area contributed by atoms with Crippen LogP contribution in [0.5, 0.6) is 0 Å². The third-order valence-corrected chi connectivity index (χ3v) is 2.96. The topological polar surface area (TPSA) is 12.0 Å². The smallest absolute Gasteiger partial charge is 0.0637 e. The van der Waals surface area contributed by atoms with E-state index in [2.05, 4.69) is 19.2 Å². The van der Waals surface area contributed by atoms with Crippen LogP contribution < -0.4 is 5.32 Å². The summed E-state index contributed by atoms with van der Waals surface area (Å²) in [5.74, 6) is 0. The van der Waals surface area contributed by atoms with Crippen LogP contribution in [0.3, 0.4) is 0 Å². The second-order valence-corrected chi connectivity index (χ2v) is 4.28. The molecule has 0 aromatic heterocycles. The van der Waals surface area contributed by atoms with Crippen molar-refractivity contribution in [2.75, 3.05) is 5.32 Å². The van der Waals surface area contributed by atoms with Crippen LogP contribution in [0.2, 0.25) is 5.02 Å². The molecule has 1 unspecified atom stereocenters. The zero-order valence-electron chi connectivity index (χ0n) is 9.59. The minimum atomic E-state index is 0.546. The molecule has 0 saturated heterocycles. The van der Waals surface area contributed by atoms with Gasteiger partial charge in [0.25, 0.3) is 0 Å². The van der Waals surface area contributed by atoms with E-state index in [1.807, 2.05) is 24.3 Å². The lowest BCUT2D eigenvalue weighted by molar-refractivity contribution is 0.593. The molecule has 0 aliphatic carbocycles. The summed E-state index contributed by atoms with van der Waals surface area (Å²) in [6.07, 6.45) is 4.89. The molecule has 0 aliphatic heterocycles. The zero-order chi connectivity index (χ0) is 11.1. The number of halogens is 1. The number of unbranched alkanes of at least 4 members (excludes halogenated alkanes) is 1. The molecule has 1 atom stereocenters. The van der Waals surface area contributed by atoms with E-state index in [0.717, 1.165) is 17.1 Å². The molecule has 1 rings (SSSR count). The maximum Gasteiger partial charge on any atom is 0.0637 e. The number of benzene rings is 1. The summed E-state index contributed by atoms with van der Waals surface area (Å²) in [6.45, 7) is 4.44. The van der Waals surface area contributed by atoms with E-state index in [-0.39, 0.29) is 0 Å². The van der Waals surface area contributed by atoms with Gasteiger partial charge in [0.05, 0.1) is 10.7 Å². The van der Waals surface area contributed by atoms with Crippen molar-refractivity contribution in [2.45, 2.75) is 45.6 Å². The molecular formula is C13H20ClN. The minimum absolute atomic E-state index is 0.546. The van der Waals surface area contributed by atoms with Crippen molar-refractivity contribution < 1.29 is 0 Å². The number of rotatable bonds is 6. The van der Waals surface area contributed by atoms with Crippen molar-refractivity contribution in [3.05, 3.63) is 29.3 Å². The predicted molar refractivity (Wildman–Crippen MR) is 68.7 cm³/mol. The Morgan fingerprint density at radius 1 is 1.27 bits per heavy atom. The van der Waals surface area contributed by atoms with Gasteiger partial charge in [0.2, 0.25) is 0 Å². The summed E-state index contributed by atoms with van der Waals surface area (Å²) >= 11 is 6.10. The molecule has 1 aromatic carbocycles. The minimum Gasteiger partial charge on any atom is -0.381 e. The van der Waals surface area contributed by atoms with E-state index in [1.165, 1.54) is 19.3 Å². The predicted octanol–water partition coefficient (Wildman–Crippen LogP) is 4.72. The summed E-state index contributed by atoms with van der Waals surface area (Å²) in [4.78, 5) is 0. The molecule has 0 radical (unpaired) electrons. The highest BCUT2D eigenvalue weighted by molar-refractivity contribution is 6.33. The molecule has 0 spiro atoms. The Labute approximate surface area is 97.8 Å². The van der Waals surface area contributed by atoms with Gasteiger partial charge in [0.1, 0.15) is 0 Å². The highest BCUT2D eigenvalue weighted by Gasteiger charge is 2.06. The van der Waals surface area contributed by atoms with E-state index in [1.54, 1.807) is 0 Å². The standard InChI is InChI=1S/C13H20ClN/c1-3-5-8-11(4-2)15-13-10-7-6-9-12(13)14/h6-7,9-11,15H,3-5,8H2,1-2H3. The number of para-hydroxylation sites is 1. The number of hydrogen-bond donors (Lipinski definition) is 1. The number of anilines is 1. The van der Waals surface area contributed by atoms with Crippen molar-refractivity contribution in [3.8, 4) is 0 Å². The SMILES string of the molecule is CCCCC(CC)Nc1ccccc1Cl. The van der Waals surface area contributed by atoms with E-state index in [0.29, 0.717) is 6.04 Å². The molecule has 0 fully saturated rings. The normalized spacial score (nSPS) is 12.5. The molecule has 2 heteroatoms. The molecule has 0 saturated carbocycles. The van der Waals surface area contributed by atoms with Crippen molar-refractivity contribution in [1.29, 1.82) is 0 Å². The molecule has 0 heterocycles. The molecule has 0 aliphatic rings. The fourth-order valence-corrected chi connectivity index (χ4v) is 1.82. The summed E-state index contributed by atoms with van der Waals surface area (Å²) in [5.41, 5.74) is 1.06. The summed E-state index contributed by atoms with van der Waals surface area (Å²) in [7, 11) is 0. The van der Waals surface area contributed by atoms with Gasteiger partial charge in [-0.15, -0.1) is 0 Å². The van der Waals surface area contributed by atoms with E-state index in [9.17, 15) is 0 Å². The highest BCUT2D eigenvalue weighted by Crippen LogP contribution is 2.22. The largest absolute Gasteiger partial charge is 0.381 e. The summed E-state index contributed by atoms with van der Waals surface area (Å²) in [6, 6.07) is 8.49. The van der Waals surface area contributed by atoms with Crippen molar-refractivity contribution in [3.63, 3.8) is 0 Å². The molecule has 0 bridgehead atoms. The first-order valence-corrected chi connectivity index (χ1v) is 6.16. The Morgan fingerprint density at radius 2 is 2.00 bits per heavy atom. The van der Waals surface area contributed by atoms with Gasteiger partial charge >= 0.3 is 0 Å². The van der Waals surface area contributed by atoms with Gasteiger partial charge in [0, 0.05) is 6.04 Å². The van der Waals surface area contributed by atoms with Crippen LogP contribution in [0, 0.1) is 0 Å². The molecular weight excluding hydrogens is 206 g/mol. The Morgan fingerprint density at radius 3 is 2.60 bits per heavy atom. The Balaban J connectivity index is 2.54. The van der Waals surface area contributed by atoms with Gasteiger partial charge in [-0.25, -0.2) is 0 Å². The van der Waals surface area contributed by atoms with Gasteiger partial charge in [0.15, 0.2) is 0 Å². The van der Waals surface area contributed by atoms with Crippen molar-refractivity contribution in [2.24, 2.45) is 0 Å². The monoisotopic (exact) mass is 225 g/mol. The Kier molecular flexibility index (Phi) is 5.56. The lowest BCUT2D eigenvalue weighted by Gasteiger charge is -2.18. The molecule has 15 heavy (non-hydrogen) atoms. The lowest BCUT2D eigenvalue weighted by atomic mass is 10.1. The molecule has 1 N–H and O–H groups in total. The Bertz CT molecular complexity index is 286. The second kappa shape index (κ2) is 6.73. The van der Waals surface area contributed by atoms with Gasteiger partial charge in [-0.3, -0.25) is 0 Å². The first-order valence-electron chi connectivity index (χ1n) is 5.79. The van der Waals surface area contributed by atoms with Crippen LogP contribution >= 0.6 is 11.6 Å². The average molecular weight is 226 g/mol. The van der Waals surface area contributed by atoms with Gasteiger partial charge in [-0.2, -0.15) is 0 Å². The van der Waals surface area contributed by atoms with Crippen LogP contribution in [0.4, 0.5) is 5.69 Å². The lowest BCUT2D eigenvalue weighted by Crippen LogP contribution is -2.18. The zero-order valence-corrected chi connectivity index (χ0v) is 10.3. The van der Waals surface area contributed by atoms with E-state index in [4.69, 9.17) is 11.6 Å². The molecule has 0 amide bonds. The van der Waals surface area contributed by atoms with Crippen LogP contribution in [0.15, 0.2) is 24.3 Å². The first-order chi connectivity index (χ1) is 7.27. The molecule has 1 nitrogen and oxygen atoms in total. The highest BCUT2D eigenvalue weighted by atomic mass is 35.5. The first kappa shape index (κ1) is 12.4. The Hall–Kier alpha value is -0.690. The van der Waals surface area contributed by atoms with E-state index >= 15 is 0 Å². The van der Waals surface area contributed by atoms with Crippen LogP contribution in [0.1, 0.15) is 39.5 Å². The molecule has 1 aromatic rings. The van der Waals surface area contributed by atoms with Gasteiger partial charge < -0.3 is 5.32 Å². The second-order valence-electron chi connectivity index (χ2n) is 3.87. The van der Waals surface area contributed by atoms with Gasteiger partial charge in [-0.05, 0) is 25.0 Å². The quantitative estimate of drug-likeness (QED) is 0.739. The van der Waals surface area contributed by atoms with Crippen LogP contribution in [-0.2, 0) is 0 Å². The van der Waals surface area contributed by atoms with Gasteiger partial charge in [-0.1, -0.05) is 50.4 Å². The van der Waals surface area contributed by atoms with Crippen LogP contribution in [-0.4, -0.2) is 6.04 Å². The summed E-state index contributed by atoms with van der Waals surface area (Å²) in [5, 5.41) is 4.31. The van der Waals surface area contributed by atoms with Crippen molar-refractivity contribution in [1.82, 2.24) is 0 Å². The van der Waals surface area contributed by atoms with Crippen molar-refractivity contribution >= 4 is 17.3 Å². The third kappa shape index (κ3) is 4.13. The average Bonchev–Trinajstić information content (AvgIpc) is 2.26. The number of hydrogen-bond acceptors (Lipinski definition) is 1. The fraction of sp³-hybridized carbons (Fsp3) is 0.538. The van der Waals surface area contributed by atoms with E-state index < -0.39 is 0 Å². The maximum absolute atomic E-state index is 6.10.